The molecule has 0 aliphatic rings. The zero-order valence-corrected chi connectivity index (χ0v) is 21.7. The lowest BCUT2D eigenvalue weighted by Gasteiger charge is -2.14. The second-order valence-corrected chi connectivity index (χ2v) is 9.06. The fourth-order valence-electron chi connectivity index (χ4n) is 3.77. The topological polar surface area (TPSA) is 108 Å². The van der Waals surface area contributed by atoms with Crippen molar-refractivity contribution in [3.8, 4) is 5.75 Å². The Morgan fingerprint density at radius 2 is 1.69 bits per heavy atom. The van der Waals surface area contributed by atoms with Crippen LogP contribution in [0.25, 0.3) is 0 Å². The van der Waals surface area contributed by atoms with Gasteiger partial charge < -0.3 is 9.47 Å². The number of nitrogens with one attached hydrogen (secondary N) is 1. The maximum Gasteiger partial charge on any atom is 0.335 e. The molecule has 1 aromatic heterocycles. The lowest BCUT2D eigenvalue weighted by Crippen LogP contribution is -2.51. The smallest absolute Gasteiger partial charge is 0.335 e. The molecule has 0 radical (unpaired) electrons. The maximum atomic E-state index is 13.5. The standard InChI is InChI=1S/C27H34N4O5/c1-7-20-8-10-21(11-9-20)16-30-25(28-22-12-13-23(18(4)14-22)36-17(2)3)29-26(33)31(27(30)34)15-19(5)24(32)35-6/h8-14,17,19H,7,15-16H2,1-6H3,(H,28,29,33). The van der Waals surface area contributed by atoms with Crippen molar-refractivity contribution < 1.29 is 14.3 Å². The number of aryl methyl sites for hydroxylation is 2. The molecule has 192 valence electrons. The Bertz CT molecular complexity index is 1400. The van der Waals surface area contributed by atoms with Gasteiger partial charge in [-0.2, -0.15) is 0 Å². The average Bonchev–Trinajstić information content (AvgIpc) is 2.85. The zero-order valence-electron chi connectivity index (χ0n) is 21.7. The second-order valence-electron chi connectivity index (χ2n) is 9.06. The molecule has 0 aliphatic heterocycles. The number of H-pyrrole nitrogens is 1. The molecule has 1 N–H and O–H groups in total. The molecule has 0 spiro atoms. The molecule has 0 saturated carbocycles. The van der Waals surface area contributed by atoms with Gasteiger partial charge in [-0.1, -0.05) is 38.1 Å². The minimum absolute atomic E-state index is 0.0315. The van der Waals surface area contributed by atoms with Gasteiger partial charge in [-0.05, 0) is 62.1 Å². The highest BCUT2D eigenvalue weighted by Crippen LogP contribution is 2.24. The zero-order chi connectivity index (χ0) is 26.4. The summed E-state index contributed by atoms with van der Waals surface area (Å²) >= 11 is 0. The van der Waals surface area contributed by atoms with Gasteiger partial charge in [0.05, 0.1) is 31.4 Å². The lowest BCUT2D eigenvalue weighted by atomic mass is 10.1. The third-order valence-electron chi connectivity index (χ3n) is 5.77. The Morgan fingerprint density at radius 1 is 1.03 bits per heavy atom. The highest BCUT2D eigenvalue weighted by atomic mass is 16.5. The Hall–Kier alpha value is -3.88. The molecule has 1 heterocycles. The van der Waals surface area contributed by atoms with Gasteiger partial charge in [-0.25, -0.2) is 19.1 Å². The van der Waals surface area contributed by atoms with Gasteiger partial charge in [-0.3, -0.25) is 14.3 Å². The van der Waals surface area contributed by atoms with Crippen molar-refractivity contribution in [1.29, 1.82) is 0 Å². The minimum atomic E-state index is -0.676. The van der Waals surface area contributed by atoms with E-state index in [1.807, 2.05) is 57.2 Å². The molecule has 1 unspecified atom stereocenters. The van der Waals surface area contributed by atoms with Crippen molar-refractivity contribution in [1.82, 2.24) is 14.1 Å². The van der Waals surface area contributed by atoms with E-state index < -0.39 is 23.3 Å². The van der Waals surface area contributed by atoms with E-state index in [1.165, 1.54) is 17.2 Å². The van der Waals surface area contributed by atoms with Crippen LogP contribution in [0.4, 0.5) is 5.69 Å². The number of hydrogen-bond acceptors (Lipinski definition) is 6. The number of methoxy groups -OCH3 is 1. The van der Waals surface area contributed by atoms with E-state index in [0.717, 1.165) is 27.9 Å². The number of ether oxygens (including phenoxy) is 2. The largest absolute Gasteiger partial charge is 0.491 e. The van der Waals surface area contributed by atoms with Crippen LogP contribution < -0.4 is 21.7 Å². The summed E-state index contributed by atoms with van der Waals surface area (Å²) in [5.41, 5.74) is 2.40. The normalized spacial score (nSPS) is 12.6. The van der Waals surface area contributed by atoms with E-state index >= 15 is 0 Å². The number of esters is 1. The number of benzene rings is 2. The van der Waals surface area contributed by atoms with E-state index in [0.29, 0.717) is 5.69 Å². The van der Waals surface area contributed by atoms with Crippen molar-refractivity contribution in [2.24, 2.45) is 10.9 Å². The molecule has 0 bridgehead atoms. The number of aromatic nitrogens is 3. The minimum Gasteiger partial charge on any atom is -0.491 e. The first-order valence-corrected chi connectivity index (χ1v) is 12.0. The number of hydrogen-bond donors (Lipinski definition) is 1. The summed E-state index contributed by atoms with van der Waals surface area (Å²) in [6.45, 7) is 9.57. The van der Waals surface area contributed by atoms with Crippen LogP contribution in [0.5, 0.6) is 5.75 Å². The fraction of sp³-hybridized carbons (Fsp3) is 0.407. The molecule has 1 atom stereocenters. The lowest BCUT2D eigenvalue weighted by molar-refractivity contribution is -0.145. The number of rotatable bonds is 9. The predicted molar refractivity (Wildman–Crippen MR) is 138 cm³/mol. The van der Waals surface area contributed by atoms with Gasteiger partial charge in [0, 0.05) is 6.54 Å². The van der Waals surface area contributed by atoms with Crippen molar-refractivity contribution in [2.45, 2.75) is 60.2 Å². The van der Waals surface area contributed by atoms with E-state index in [2.05, 4.69) is 16.9 Å². The highest BCUT2D eigenvalue weighted by molar-refractivity contribution is 5.71. The molecule has 9 heteroatoms. The molecule has 0 amide bonds. The predicted octanol–water partition coefficient (Wildman–Crippen LogP) is 3.09. The molecule has 36 heavy (non-hydrogen) atoms. The number of nitrogens with zero attached hydrogens (tertiary/aromatic N) is 3. The summed E-state index contributed by atoms with van der Waals surface area (Å²) in [4.78, 5) is 45.6. The van der Waals surface area contributed by atoms with Gasteiger partial charge in [0.15, 0.2) is 0 Å². The summed E-state index contributed by atoms with van der Waals surface area (Å²) in [6, 6.07) is 13.3. The fourth-order valence-corrected chi connectivity index (χ4v) is 3.77. The monoisotopic (exact) mass is 494 g/mol. The molecule has 3 aromatic rings. The van der Waals surface area contributed by atoms with Crippen LogP contribution in [0, 0.1) is 12.8 Å². The number of carbonyl (C=O) groups is 1. The first-order valence-electron chi connectivity index (χ1n) is 12.0. The van der Waals surface area contributed by atoms with Crippen LogP contribution in [0.15, 0.2) is 57.0 Å². The van der Waals surface area contributed by atoms with Crippen molar-refractivity contribution in [2.75, 3.05) is 7.11 Å². The van der Waals surface area contributed by atoms with E-state index in [1.54, 1.807) is 13.0 Å². The van der Waals surface area contributed by atoms with E-state index in [4.69, 9.17) is 9.47 Å². The van der Waals surface area contributed by atoms with Gasteiger partial charge in [0.25, 0.3) is 0 Å². The Balaban J connectivity index is 2.14. The first kappa shape index (κ1) is 26.7. The van der Waals surface area contributed by atoms with E-state index in [9.17, 15) is 14.4 Å². The third-order valence-corrected chi connectivity index (χ3v) is 5.77. The number of aromatic amines is 1. The molecule has 0 aliphatic carbocycles. The summed E-state index contributed by atoms with van der Waals surface area (Å²) in [6.07, 6.45) is 0.935. The van der Waals surface area contributed by atoms with E-state index in [-0.39, 0.29) is 24.8 Å². The highest BCUT2D eigenvalue weighted by Gasteiger charge is 2.18. The summed E-state index contributed by atoms with van der Waals surface area (Å²) in [5.74, 6) is -0.436. The Morgan fingerprint density at radius 3 is 2.28 bits per heavy atom. The second kappa shape index (κ2) is 11.7. The molecule has 2 aromatic carbocycles. The summed E-state index contributed by atoms with van der Waals surface area (Å²) in [5, 5.41) is 0. The first-order chi connectivity index (χ1) is 17.1. The van der Waals surface area contributed by atoms with Gasteiger partial charge in [0.1, 0.15) is 5.75 Å². The van der Waals surface area contributed by atoms with Gasteiger partial charge >= 0.3 is 17.3 Å². The number of carbonyl (C=O) groups excluding carboxylic acids is 1. The van der Waals surface area contributed by atoms with Crippen molar-refractivity contribution >= 4 is 11.7 Å². The van der Waals surface area contributed by atoms with Crippen LogP contribution in [0.2, 0.25) is 0 Å². The Labute approximate surface area is 210 Å². The van der Waals surface area contributed by atoms with Crippen LogP contribution >= 0.6 is 0 Å². The third kappa shape index (κ3) is 6.41. The van der Waals surface area contributed by atoms with Crippen molar-refractivity contribution in [3.05, 3.63) is 85.7 Å². The van der Waals surface area contributed by atoms with Gasteiger partial charge in [0.2, 0.25) is 5.62 Å². The molecule has 3 rings (SSSR count). The quantitative estimate of drug-likeness (QED) is 0.460. The summed E-state index contributed by atoms with van der Waals surface area (Å²) < 4.78 is 13.0. The molecule has 0 fully saturated rings. The SMILES string of the molecule is CCc1ccc(Cn2c(=Nc3ccc(OC(C)C)c(C)c3)[nH]c(=O)n(CC(C)C(=O)OC)c2=O)cc1. The molecular weight excluding hydrogens is 460 g/mol. The van der Waals surface area contributed by atoms with Crippen LogP contribution in [-0.2, 0) is 29.0 Å². The van der Waals surface area contributed by atoms with Crippen LogP contribution in [0.3, 0.4) is 0 Å². The van der Waals surface area contributed by atoms with Crippen LogP contribution in [0.1, 0.15) is 44.4 Å². The van der Waals surface area contributed by atoms with Gasteiger partial charge in [-0.15, -0.1) is 0 Å². The average molecular weight is 495 g/mol. The molecular formula is C27H34N4O5. The summed E-state index contributed by atoms with van der Waals surface area (Å²) in [7, 11) is 1.27. The van der Waals surface area contributed by atoms with Crippen LogP contribution in [-0.4, -0.2) is 33.3 Å². The molecule has 0 saturated heterocycles. The Kier molecular flexibility index (Phi) is 8.68. The van der Waals surface area contributed by atoms with Crippen molar-refractivity contribution in [3.63, 3.8) is 0 Å². The molecule has 9 nitrogen and oxygen atoms in total. The maximum absolute atomic E-state index is 13.5.